The maximum atomic E-state index is 12.6. The normalized spacial score (nSPS) is 26.5. The fraction of sp³-hybridized carbons (Fsp3) is 0.800. The van der Waals surface area contributed by atoms with Crippen LogP contribution in [-0.4, -0.2) is 40.2 Å². The van der Waals surface area contributed by atoms with E-state index >= 15 is 0 Å². The fourth-order valence-corrected chi connectivity index (χ4v) is 3.03. The highest BCUT2D eigenvalue weighted by Crippen LogP contribution is 2.32. The molecule has 0 radical (unpaired) electrons. The van der Waals surface area contributed by atoms with Crippen molar-refractivity contribution in [3.05, 3.63) is 11.7 Å². The molecule has 0 saturated carbocycles. The van der Waals surface area contributed by atoms with E-state index in [-0.39, 0.29) is 24.0 Å². The number of likely N-dealkylation sites (tertiary alicyclic amines) is 1. The number of ether oxygens (including phenoxy) is 1. The molecule has 2 atom stereocenters. The molecule has 2 aliphatic heterocycles. The maximum Gasteiger partial charge on any atom is 0.252 e. The minimum absolute atomic E-state index is 0.0847. The number of carbonyl (C=O) groups excluding carboxylic acids is 1. The number of hydrogen-bond acceptors (Lipinski definition) is 5. The van der Waals surface area contributed by atoms with Crippen molar-refractivity contribution in [1.82, 2.24) is 15.0 Å². The molecule has 3 rings (SSSR count). The fourth-order valence-electron chi connectivity index (χ4n) is 3.03. The predicted octanol–water partition coefficient (Wildman–Crippen LogP) is 2.43. The van der Waals surface area contributed by atoms with Crippen molar-refractivity contribution in [2.75, 3.05) is 13.2 Å². The highest BCUT2D eigenvalue weighted by Gasteiger charge is 2.37. The molecule has 116 valence electrons. The molecule has 3 heterocycles. The van der Waals surface area contributed by atoms with E-state index in [0.717, 1.165) is 38.6 Å². The van der Waals surface area contributed by atoms with E-state index in [1.54, 1.807) is 0 Å². The zero-order valence-corrected chi connectivity index (χ0v) is 12.7. The minimum Gasteiger partial charge on any atom is -0.368 e. The molecule has 1 amide bonds. The van der Waals surface area contributed by atoms with E-state index in [0.29, 0.717) is 18.3 Å². The molecule has 0 aliphatic carbocycles. The largest absolute Gasteiger partial charge is 0.368 e. The second-order valence-corrected chi connectivity index (χ2v) is 6.19. The van der Waals surface area contributed by atoms with Crippen LogP contribution in [0.5, 0.6) is 0 Å². The zero-order valence-electron chi connectivity index (χ0n) is 12.7. The summed E-state index contributed by atoms with van der Waals surface area (Å²) < 4.78 is 11.0. The smallest absolute Gasteiger partial charge is 0.252 e. The number of hydrogen-bond donors (Lipinski definition) is 0. The summed E-state index contributed by atoms with van der Waals surface area (Å²) in [6, 6.07) is -0.0875. The molecule has 0 aromatic carbocycles. The quantitative estimate of drug-likeness (QED) is 0.856. The Bertz CT molecular complexity index is 494. The summed E-state index contributed by atoms with van der Waals surface area (Å²) in [5.74, 6) is 1.60. The monoisotopic (exact) mass is 293 g/mol. The molecule has 1 aromatic heterocycles. The second kappa shape index (κ2) is 6.13. The molecule has 2 fully saturated rings. The van der Waals surface area contributed by atoms with Gasteiger partial charge in [-0.05, 0) is 32.1 Å². The minimum atomic E-state index is -0.280. The van der Waals surface area contributed by atoms with Gasteiger partial charge in [0.2, 0.25) is 5.89 Å². The second-order valence-electron chi connectivity index (χ2n) is 6.19. The van der Waals surface area contributed by atoms with Gasteiger partial charge in [0, 0.05) is 19.1 Å². The van der Waals surface area contributed by atoms with E-state index in [4.69, 9.17) is 9.26 Å². The lowest BCUT2D eigenvalue weighted by molar-refractivity contribution is -0.145. The third kappa shape index (κ3) is 2.95. The molecular weight excluding hydrogens is 270 g/mol. The van der Waals surface area contributed by atoms with Crippen LogP contribution in [0.15, 0.2) is 4.52 Å². The number of nitrogens with zero attached hydrogens (tertiary/aromatic N) is 3. The average Bonchev–Trinajstić information content (AvgIpc) is 3.18. The van der Waals surface area contributed by atoms with Gasteiger partial charge in [-0.1, -0.05) is 19.0 Å². The summed E-state index contributed by atoms with van der Waals surface area (Å²) in [6.07, 6.45) is 4.51. The summed E-state index contributed by atoms with van der Waals surface area (Å²) in [5, 5.41) is 4.03. The van der Waals surface area contributed by atoms with E-state index in [9.17, 15) is 4.79 Å². The number of carbonyl (C=O) groups is 1. The molecule has 2 aliphatic rings. The van der Waals surface area contributed by atoms with E-state index in [1.807, 2.05) is 18.7 Å². The van der Waals surface area contributed by atoms with Crippen molar-refractivity contribution in [1.29, 1.82) is 0 Å². The molecule has 21 heavy (non-hydrogen) atoms. The third-order valence-electron chi connectivity index (χ3n) is 4.25. The van der Waals surface area contributed by atoms with Crippen LogP contribution in [0.1, 0.15) is 69.6 Å². The summed E-state index contributed by atoms with van der Waals surface area (Å²) >= 11 is 0. The van der Waals surface area contributed by atoms with Gasteiger partial charge in [0.1, 0.15) is 12.1 Å². The Morgan fingerprint density at radius 1 is 1.29 bits per heavy atom. The topological polar surface area (TPSA) is 68.5 Å². The summed E-state index contributed by atoms with van der Waals surface area (Å²) in [6.45, 7) is 5.51. The average molecular weight is 293 g/mol. The molecule has 0 spiro atoms. The Labute approximate surface area is 124 Å². The number of aromatic nitrogens is 2. The van der Waals surface area contributed by atoms with Crippen LogP contribution in [0.3, 0.4) is 0 Å². The van der Waals surface area contributed by atoms with Crippen molar-refractivity contribution < 1.29 is 14.1 Å². The van der Waals surface area contributed by atoms with Gasteiger partial charge >= 0.3 is 0 Å². The summed E-state index contributed by atoms with van der Waals surface area (Å²) in [5.41, 5.74) is 0. The van der Waals surface area contributed by atoms with Gasteiger partial charge in [-0.25, -0.2) is 0 Å². The van der Waals surface area contributed by atoms with Crippen LogP contribution in [-0.2, 0) is 9.53 Å². The van der Waals surface area contributed by atoms with Gasteiger partial charge in [-0.15, -0.1) is 0 Å². The first kappa shape index (κ1) is 14.5. The van der Waals surface area contributed by atoms with Gasteiger partial charge in [0.15, 0.2) is 5.82 Å². The van der Waals surface area contributed by atoms with Crippen molar-refractivity contribution in [3.8, 4) is 0 Å². The summed E-state index contributed by atoms with van der Waals surface area (Å²) in [7, 11) is 0. The lowest BCUT2D eigenvalue weighted by atomic mass is 10.0. The van der Waals surface area contributed by atoms with Crippen molar-refractivity contribution in [2.24, 2.45) is 0 Å². The first-order chi connectivity index (χ1) is 10.2. The van der Waals surface area contributed by atoms with Crippen LogP contribution in [0.4, 0.5) is 0 Å². The highest BCUT2D eigenvalue weighted by molar-refractivity contribution is 5.81. The molecule has 0 N–H and O–H groups in total. The Morgan fingerprint density at radius 2 is 2.14 bits per heavy atom. The molecule has 1 aromatic rings. The lowest BCUT2D eigenvalue weighted by Crippen LogP contribution is -2.44. The Balaban J connectivity index is 1.78. The van der Waals surface area contributed by atoms with Crippen LogP contribution in [0.25, 0.3) is 0 Å². The maximum absolute atomic E-state index is 12.6. The predicted molar refractivity (Wildman–Crippen MR) is 75.7 cm³/mol. The Hall–Kier alpha value is -1.43. The summed E-state index contributed by atoms with van der Waals surface area (Å²) in [4.78, 5) is 19.0. The Kier molecular flexibility index (Phi) is 4.24. The van der Waals surface area contributed by atoms with Crippen LogP contribution >= 0.6 is 0 Å². The van der Waals surface area contributed by atoms with Crippen molar-refractivity contribution in [3.63, 3.8) is 0 Å². The number of piperidine rings is 1. The first-order valence-electron chi connectivity index (χ1n) is 7.92. The molecule has 6 nitrogen and oxygen atoms in total. The highest BCUT2D eigenvalue weighted by atomic mass is 16.5. The molecule has 2 saturated heterocycles. The van der Waals surface area contributed by atoms with Gasteiger partial charge in [0.05, 0.1) is 0 Å². The Morgan fingerprint density at radius 3 is 2.81 bits per heavy atom. The lowest BCUT2D eigenvalue weighted by Gasteiger charge is -2.34. The van der Waals surface area contributed by atoms with E-state index in [2.05, 4.69) is 10.1 Å². The van der Waals surface area contributed by atoms with Gasteiger partial charge in [0.25, 0.3) is 5.91 Å². The van der Waals surface area contributed by atoms with Crippen LogP contribution in [0, 0.1) is 0 Å². The zero-order chi connectivity index (χ0) is 14.8. The van der Waals surface area contributed by atoms with E-state index in [1.165, 1.54) is 0 Å². The van der Waals surface area contributed by atoms with E-state index < -0.39 is 0 Å². The van der Waals surface area contributed by atoms with Gasteiger partial charge in [-0.3, -0.25) is 4.79 Å². The SMILES string of the molecule is CC(C)c1noc([C@H]2CCCCN2C(=O)[C@@H]2CCCO2)n1. The van der Waals surface area contributed by atoms with Gasteiger partial charge < -0.3 is 14.2 Å². The third-order valence-corrected chi connectivity index (χ3v) is 4.25. The molecule has 6 heteroatoms. The van der Waals surface area contributed by atoms with Crippen molar-refractivity contribution in [2.45, 2.75) is 64.0 Å². The molecule has 0 unspecified atom stereocenters. The molecule has 0 bridgehead atoms. The van der Waals surface area contributed by atoms with Crippen LogP contribution in [0.2, 0.25) is 0 Å². The number of rotatable bonds is 3. The number of amides is 1. The van der Waals surface area contributed by atoms with Crippen LogP contribution < -0.4 is 0 Å². The standard InChI is InChI=1S/C15H23N3O3/c1-10(2)13-16-14(21-17-13)11-6-3-4-8-18(11)15(19)12-7-5-9-20-12/h10-12H,3-9H2,1-2H3/t11-,12+/m1/s1. The van der Waals surface area contributed by atoms with Crippen molar-refractivity contribution >= 4 is 5.91 Å². The molecular formula is C15H23N3O3. The van der Waals surface area contributed by atoms with Gasteiger partial charge in [-0.2, -0.15) is 4.98 Å². The first-order valence-corrected chi connectivity index (χ1v) is 7.92.